The van der Waals surface area contributed by atoms with Gasteiger partial charge in [0.15, 0.2) is 4.77 Å². The zero-order valence-electron chi connectivity index (χ0n) is 13.6. The number of hydrazone groups is 1. The molecule has 3 aromatic rings. The molecule has 2 heterocycles. The summed E-state index contributed by atoms with van der Waals surface area (Å²) in [6, 6.07) is 8.55. The van der Waals surface area contributed by atoms with E-state index in [0.29, 0.717) is 5.56 Å². The molecule has 10 heteroatoms. The lowest BCUT2D eigenvalue weighted by molar-refractivity contribution is 0.0955. The summed E-state index contributed by atoms with van der Waals surface area (Å²) in [6.45, 7) is 0. The SMILES string of the molecule is O=C(NN=Cc1c(O)n(-c2ccccc2F)c(=S)[nH]c1=O)c1ccncc1. The largest absolute Gasteiger partial charge is 0.494 e. The minimum atomic E-state index is -0.744. The number of halogens is 1. The van der Waals surface area contributed by atoms with Crippen LogP contribution in [0.2, 0.25) is 0 Å². The highest BCUT2D eigenvalue weighted by molar-refractivity contribution is 7.71. The van der Waals surface area contributed by atoms with Crippen molar-refractivity contribution in [3.05, 3.63) is 80.9 Å². The van der Waals surface area contributed by atoms with Crippen molar-refractivity contribution in [1.29, 1.82) is 0 Å². The molecule has 1 amide bonds. The lowest BCUT2D eigenvalue weighted by Gasteiger charge is -2.11. The second-order valence-electron chi connectivity index (χ2n) is 5.22. The third kappa shape index (κ3) is 3.80. The van der Waals surface area contributed by atoms with E-state index in [0.717, 1.165) is 10.8 Å². The molecule has 0 saturated carbocycles. The van der Waals surface area contributed by atoms with Gasteiger partial charge >= 0.3 is 0 Å². The molecule has 3 N–H and O–H groups in total. The fourth-order valence-corrected chi connectivity index (χ4v) is 2.51. The van der Waals surface area contributed by atoms with Crippen LogP contribution in [0, 0.1) is 10.6 Å². The maximum absolute atomic E-state index is 14.0. The number of rotatable bonds is 4. The third-order valence-corrected chi connectivity index (χ3v) is 3.80. The molecule has 0 unspecified atom stereocenters. The number of hydrogen-bond donors (Lipinski definition) is 3. The van der Waals surface area contributed by atoms with Gasteiger partial charge in [0.2, 0.25) is 5.88 Å². The Morgan fingerprint density at radius 1 is 1.30 bits per heavy atom. The summed E-state index contributed by atoms with van der Waals surface area (Å²) < 4.78 is 14.8. The van der Waals surface area contributed by atoms with Crippen molar-refractivity contribution >= 4 is 24.3 Å². The Hall–Kier alpha value is -3.66. The Bertz CT molecular complexity index is 1140. The molecule has 2 aromatic heterocycles. The van der Waals surface area contributed by atoms with Gasteiger partial charge in [-0.15, -0.1) is 0 Å². The lowest BCUT2D eigenvalue weighted by atomic mass is 10.2. The standard InChI is InChI=1S/C17H12FN5O3S/c18-12-3-1-2-4-13(12)23-16(26)11(15(25)21-17(23)27)9-20-22-14(24)10-5-7-19-8-6-10/h1-9,26H,(H,22,24)(H,21,25,27). The van der Waals surface area contributed by atoms with Gasteiger partial charge in [-0.25, -0.2) is 9.82 Å². The number of amides is 1. The monoisotopic (exact) mass is 385 g/mol. The van der Waals surface area contributed by atoms with Crippen LogP contribution < -0.4 is 11.0 Å². The quantitative estimate of drug-likeness (QED) is 0.361. The number of H-pyrrole nitrogens is 1. The number of para-hydroxylation sites is 1. The van der Waals surface area contributed by atoms with Crippen molar-refractivity contribution in [1.82, 2.24) is 20.0 Å². The number of aromatic hydroxyl groups is 1. The molecule has 27 heavy (non-hydrogen) atoms. The van der Waals surface area contributed by atoms with E-state index in [2.05, 4.69) is 20.5 Å². The molecule has 0 spiro atoms. The predicted octanol–water partition coefficient (Wildman–Crippen LogP) is 1.90. The molecular formula is C17H12FN5O3S. The molecule has 0 aliphatic heterocycles. The van der Waals surface area contributed by atoms with Gasteiger partial charge in [-0.3, -0.25) is 24.1 Å². The molecule has 0 saturated heterocycles. The fourth-order valence-electron chi connectivity index (χ4n) is 2.23. The molecule has 1 aromatic carbocycles. The second-order valence-corrected chi connectivity index (χ2v) is 5.61. The summed E-state index contributed by atoms with van der Waals surface area (Å²) in [5.41, 5.74) is 1.43. The van der Waals surface area contributed by atoms with Gasteiger partial charge < -0.3 is 5.11 Å². The van der Waals surface area contributed by atoms with Gasteiger partial charge in [-0.1, -0.05) is 12.1 Å². The first-order valence-corrected chi connectivity index (χ1v) is 7.96. The topological polar surface area (TPSA) is 112 Å². The van der Waals surface area contributed by atoms with Crippen LogP contribution in [0.5, 0.6) is 5.88 Å². The Morgan fingerprint density at radius 2 is 2.00 bits per heavy atom. The van der Waals surface area contributed by atoms with E-state index in [1.165, 1.54) is 42.7 Å². The van der Waals surface area contributed by atoms with E-state index in [-0.39, 0.29) is 16.0 Å². The minimum Gasteiger partial charge on any atom is -0.494 e. The van der Waals surface area contributed by atoms with Crippen molar-refractivity contribution in [3.63, 3.8) is 0 Å². The second kappa shape index (κ2) is 7.70. The molecular weight excluding hydrogens is 373 g/mol. The van der Waals surface area contributed by atoms with Crippen molar-refractivity contribution in [3.8, 4) is 11.6 Å². The number of aromatic amines is 1. The van der Waals surface area contributed by atoms with Gasteiger partial charge in [-0.05, 0) is 36.5 Å². The molecule has 0 fully saturated rings. The van der Waals surface area contributed by atoms with Gasteiger partial charge in [0.05, 0.1) is 11.9 Å². The number of aromatic nitrogens is 3. The predicted molar refractivity (Wildman–Crippen MR) is 98.1 cm³/mol. The zero-order chi connectivity index (χ0) is 19.4. The minimum absolute atomic E-state index is 0.0493. The molecule has 0 radical (unpaired) electrons. The van der Waals surface area contributed by atoms with E-state index in [1.54, 1.807) is 6.07 Å². The summed E-state index contributed by atoms with van der Waals surface area (Å²) in [4.78, 5) is 30.1. The normalized spacial score (nSPS) is 10.9. The number of nitrogens with zero attached hydrogens (tertiary/aromatic N) is 3. The number of carbonyl (C=O) groups is 1. The molecule has 8 nitrogen and oxygen atoms in total. The highest BCUT2D eigenvalue weighted by Gasteiger charge is 2.15. The highest BCUT2D eigenvalue weighted by Crippen LogP contribution is 2.20. The van der Waals surface area contributed by atoms with Crippen molar-refractivity contribution < 1.29 is 14.3 Å². The van der Waals surface area contributed by atoms with Crippen LogP contribution in [-0.2, 0) is 0 Å². The summed E-state index contributed by atoms with van der Waals surface area (Å²) in [7, 11) is 0. The lowest BCUT2D eigenvalue weighted by Crippen LogP contribution is -2.21. The average Bonchev–Trinajstić information content (AvgIpc) is 2.66. The highest BCUT2D eigenvalue weighted by atomic mass is 32.1. The van der Waals surface area contributed by atoms with Crippen molar-refractivity contribution in [2.45, 2.75) is 0 Å². The maximum Gasteiger partial charge on any atom is 0.271 e. The van der Waals surface area contributed by atoms with Crippen LogP contribution in [0.15, 0.2) is 58.7 Å². The number of pyridine rings is 1. The zero-order valence-corrected chi connectivity index (χ0v) is 14.4. The van der Waals surface area contributed by atoms with Crippen LogP contribution in [0.1, 0.15) is 15.9 Å². The molecule has 136 valence electrons. The summed E-state index contributed by atoms with van der Waals surface area (Å²) in [6.07, 6.45) is 3.82. The smallest absolute Gasteiger partial charge is 0.271 e. The van der Waals surface area contributed by atoms with Crippen LogP contribution >= 0.6 is 12.2 Å². The van der Waals surface area contributed by atoms with Crippen LogP contribution in [0.3, 0.4) is 0 Å². The van der Waals surface area contributed by atoms with E-state index in [9.17, 15) is 19.1 Å². The van der Waals surface area contributed by atoms with Gasteiger partial charge in [0.25, 0.3) is 11.5 Å². The first kappa shape index (κ1) is 18.1. The van der Waals surface area contributed by atoms with Gasteiger partial charge in [0.1, 0.15) is 11.4 Å². The number of carbonyl (C=O) groups excluding carboxylic acids is 1. The van der Waals surface area contributed by atoms with E-state index in [4.69, 9.17) is 12.2 Å². The van der Waals surface area contributed by atoms with Crippen molar-refractivity contribution in [2.24, 2.45) is 5.10 Å². The van der Waals surface area contributed by atoms with Crippen molar-refractivity contribution in [2.75, 3.05) is 0 Å². The molecule has 0 aliphatic rings. The third-order valence-electron chi connectivity index (χ3n) is 3.52. The number of benzene rings is 1. The van der Waals surface area contributed by atoms with Gasteiger partial charge in [0, 0.05) is 18.0 Å². The number of nitrogens with one attached hydrogen (secondary N) is 2. The van der Waals surface area contributed by atoms with Crippen LogP contribution in [0.4, 0.5) is 4.39 Å². The Labute approximate surface area is 156 Å². The Balaban J connectivity index is 1.96. The molecule has 0 bridgehead atoms. The molecule has 0 aliphatic carbocycles. The average molecular weight is 385 g/mol. The number of hydrogen-bond acceptors (Lipinski definition) is 6. The summed E-state index contributed by atoms with van der Waals surface area (Å²) >= 11 is 5.01. The van der Waals surface area contributed by atoms with Crippen LogP contribution in [-0.4, -0.2) is 31.8 Å². The Kier molecular flexibility index (Phi) is 5.18. The molecule has 0 atom stereocenters. The summed E-state index contributed by atoms with van der Waals surface area (Å²) in [5, 5.41) is 14.1. The fraction of sp³-hybridized carbons (Fsp3) is 0. The first-order chi connectivity index (χ1) is 13.0. The van der Waals surface area contributed by atoms with Gasteiger partial charge in [-0.2, -0.15) is 5.10 Å². The Morgan fingerprint density at radius 3 is 2.70 bits per heavy atom. The first-order valence-electron chi connectivity index (χ1n) is 7.55. The van der Waals surface area contributed by atoms with E-state index < -0.39 is 23.2 Å². The van der Waals surface area contributed by atoms with Crippen LogP contribution in [0.25, 0.3) is 5.69 Å². The van der Waals surface area contributed by atoms with E-state index in [1.807, 2.05) is 0 Å². The molecule has 3 rings (SSSR count). The summed E-state index contributed by atoms with van der Waals surface area (Å²) in [5.74, 6) is -1.80. The maximum atomic E-state index is 14.0. The van der Waals surface area contributed by atoms with E-state index >= 15 is 0 Å².